The number of nitrogens with one attached hydrogen (secondary N) is 1. The molecule has 1 fully saturated rings. The Hall–Kier alpha value is -2.00. The molecule has 2 rings (SSSR count). The molecule has 0 spiro atoms. The summed E-state index contributed by atoms with van der Waals surface area (Å²) in [6, 6.07) is 4.03. The Labute approximate surface area is 128 Å². The van der Waals surface area contributed by atoms with E-state index in [9.17, 15) is 23.3 Å². The Kier molecular flexibility index (Phi) is 4.47. The first-order chi connectivity index (χ1) is 10.2. The van der Waals surface area contributed by atoms with E-state index in [-0.39, 0.29) is 35.5 Å². The van der Waals surface area contributed by atoms with E-state index in [4.69, 9.17) is 0 Å². The minimum atomic E-state index is -3.98. The van der Waals surface area contributed by atoms with Crippen LogP contribution in [-0.4, -0.2) is 42.7 Å². The number of piperazine rings is 1. The first-order valence-corrected chi connectivity index (χ1v) is 8.23. The summed E-state index contributed by atoms with van der Waals surface area (Å²) in [6.45, 7) is 3.87. The van der Waals surface area contributed by atoms with Gasteiger partial charge in [-0.05, 0) is 12.0 Å². The number of nitrogens with zero attached hydrogens (tertiary/aromatic N) is 2. The zero-order valence-electron chi connectivity index (χ0n) is 12.2. The van der Waals surface area contributed by atoms with Gasteiger partial charge in [0.25, 0.3) is 5.69 Å². The van der Waals surface area contributed by atoms with Crippen LogP contribution in [-0.2, 0) is 14.8 Å². The smallest absolute Gasteiger partial charge is 0.270 e. The molecular formula is C13H17N3O5S. The van der Waals surface area contributed by atoms with Crippen molar-refractivity contribution in [2.45, 2.75) is 24.8 Å². The number of non-ortho nitro benzene ring substituents is 1. The van der Waals surface area contributed by atoms with Crippen molar-refractivity contribution in [1.29, 1.82) is 0 Å². The second kappa shape index (κ2) is 6.01. The fourth-order valence-corrected chi connectivity index (χ4v) is 4.22. The lowest BCUT2D eigenvalue weighted by atomic mass is 10.0. The Morgan fingerprint density at radius 2 is 2.09 bits per heavy atom. The average molecular weight is 327 g/mol. The van der Waals surface area contributed by atoms with Crippen LogP contribution in [0.25, 0.3) is 0 Å². The molecule has 1 aromatic carbocycles. The van der Waals surface area contributed by atoms with E-state index in [1.165, 1.54) is 18.2 Å². The van der Waals surface area contributed by atoms with Crippen molar-refractivity contribution in [2.75, 3.05) is 13.1 Å². The van der Waals surface area contributed by atoms with Gasteiger partial charge in [-0.3, -0.25) is 14.9 Å². The predicted molar refractivity (Wildman–Crippen MR) is 78.6 cm³/mol. The highest BCUT2D eigenvalue weighted by molar-refractivity contribution is 7.89. The highest BCUT2D eigenvalue weighted by Crippen LogP contribution is 2.25. The van der Waals surface area contributed by atoms with Gasteiger partial charge in [0.05, 0.1) is 9.82 Å². The summed E-state index contributed by atoms with van der Waals surface area (Å²) in [5, 5.41) is 13.5. The van der Waals surface area contributed by atoms with Crippen molar-refractivity contribution in [3.8, 4) is 0 Å². The molecule has 1 saturated heterocycles. The number of hydrogen-bond acceptors (Lipinski definition) is 5. The number of sulfonamides is 1. The maximum absolute atomic E-state index is 12.7. The van der Waals surface area contributed by atoms with Gasteiger partial charge in [-0.2, -0.15) is 4.31 Å². The third kappa shape index (κ3) is 2.95. The van der Waals surface area contributed by atoms with Crippen LogP contribution in [0, 0.1) is 16.0 Å². The average Bonchev–Trinajstić information content (AvgIpc) is 2.46. The van der Waals surface area contributed by atoms with Crippen LogP contribution in [0.15, 0.2) is 29.2 Å². The molecule has 1 aliphatic rings. The summed E-state index contributed by atoms with van der Waals surface area (Å²) in [7, 11) is -3.98. The molecule has 0 radical (unpaired) electrons. The Morgan fingerprint density at radius 1 is 1.41 bits per heavy atom. The van der Waals surface area contributed by atoms with Crippen LogP contribution in [0.5, 0.6) is 0 Å². The number of benzene rings is 1. The van der Waals surface area contributed by atoms with Gasteiger partial charge >= 0.3 is 0 Å². The van der Waals surface area contributed by atoms with Crippen LogP contribution in [0.1, 0.15) is 13.8 Å². The van der Waals surface area contributed by atoms with E-state index < -0.39 is 21.0 Å². The van der Waals surface area contributed by atoms with Crippen LogP contribution in [0.2, 0.25) is 0 Å². The largest absolute Gasteiger partial charge is 0.353 e. The fraction of sp³-hybridized carbons (Fsp3) is 0.462. The number of nitro groups is 1. The van der Waals surface area contributed by atoms with Gasteiger partial charge in [0, 0.05) is 25.2 Å². The Balaban J connectivity index is 2.46. The van der Waals surface area contributed by atoms with Crippen molar-refractivity contribution in [2.24, 2.45) is 5.92 Å². The predicted octanol–water partition coefficient (Wildman–Crippen LogP) is 0.740. The van der Waals surface area contributed by atoms with Gasteiger partial charge in [0.1, 0.15) is 6.04 Å². The number of carbonyl (C=O) groups is 1. The summed E-state index contributed by atoms with van der Waals surface area (Å²) in [6.07, 6.45) is 0. The van der Waals surface area contributed by atoms with Crippen LogP contribution < -0.4 is 5.32 Å². The molecule has 1 N–H and O–H groups in total. The van der Waals surface area contributed by atoms with Crippen molar-refractivity contribution < 1.29 is 18.1 Å². The monoisotopic (exact) mass is 327 g/mol. The van der Waals surface area contributed by atoms with Gasteiger partial charge in [0.15, 0.2) is 0 Å². The van der Waals surface area contributed by atoms with Gasteiger partial charge in [0.2, 0.25) is 15.9 Å². The number of carbonyl (C=O) groups excluding carboxylic acids is 1. The number of rotatable bonds is 4. The zero-order valence-corrected chi connectivity index (χ0v) is 13.0. The van der Waals surface area contributed by atoms with Gasteiger partial charge in [-0.15, -0.1) is 0 Å². The van der Waals surface area contributed by atoms with Crippen LogP contribution >= 0.6 is 0 Å². The summed E-state index contributed by atoms with van der Waals surface area (Å²) >= 11 is 0. The second-order valence-corrected chi connectivity index (χ2v) is 7.24. The summed E-state index contributed by atoms with van der Waals surface area (Å²) in [5.41, 5.74) is -0.302. The minimum absolute atomic E-state index is 0.139. The molecule has 1 unspecified atom stereocenters. The van der Waals surface area contributed by atoms with E-state index in [1.807, 2.05) is 0 Å². The molecule has 0 aromatic heterocycles. The third-order valence-corrected chi connectivity index (χ3v) is 5.35. The molecule has 1 aliphatic heterocycles. The molecule has 22 heavy (non-hydrogen) atoms. The summed E-state index contributed by atoms with van der Waals surface area (Å²) in [4.78, 5) is 22.0. The molecule has 1 heterocycles. The molecule has 1 amide bonds. The molecule has 0 bridgehead atoms. The lowest BCUT2D eigenvalue weighted by Crippen LogP contribution is -2.58. The number of hydrogen-bond donors (Lipinski definition) is 1. The van der Waals surface area contributed by atoms with Crippen LogP contribution in [0.4, 0.5) is 5.69 Å². The number of amides is 1. The number of nitro benzene ring substituents is 1. The zero-order chi connectivity index (χ0) is 16.5. The quantitative estimate of drug-likeness (QED) is 0.648. The summed E-state index contributed by atoms with van der Waals surface area (Å²) < 4.78 is 26.6. The van der Waals surface area contributed by atoms with Crippen molar-refractivity contribution >= 4 is 21.6 Å². The molecule has 9 heteroatoms. The highest BCUT2D eigenvalue weighted by Gasteiger charge is 2.40. The van der Waals surface area contributed by atoms with E-state index >= 15 is 0 Å². The highest BCUT2D eigenvalue weighted by atomic mass is 32.2. The van der Waals surface area contributed by atoms with Gasteiger partial charge in [-0.25, -0.2) is 8.42 Å². The van der Waals surface area contributed by atoms with Crippen molar-refractivity contribution in [3.63, 3.8) is 0 Å². The maximum atomic E-state index is 12.7. The first-order valence-electron chi connectivity index (χ1n) is 6.79. The van der Waals surface area contributed by atoms with E-state index in [2.05, 4.69) is 5.32 Å². The van der Waals surface area contributed by atoms with Gasteiger partial charge in [-0.1, -0.05) is 19.9 Å². The summed E-state index contributed by atoms with van der Waals surface area (Å²) in [5.74, 6) is -0.566. The lowest BCUT2D eigenvalue weighted by Gasteiger charge is -2.36. The Bertz CT molecular complexity index is 701. The molecule has 0 saturated carbocycles. The molecule has 120 valence electrons. The standard InChI is InChI=1S/C13H17N3O5S/c1-9(2)12-13(17)14-6-7-15(12)22(20,21)11-5-3-4-10(8-11)16(18)19/h3-5,8-9,12H,6-7H2,1-2H3,(H,14,17). The first kappa shape index (κ1) is 16.4. The van der Waals surface area contributed by atoms with Gasteiger partial charge < -0.3 is 5.32 Å². The SMILES string of the molecule is CC(C)C1C(=O)NCCN1S(=O)(=O)c1cccc([N+](=O)[O-])c1. The fourth-order valence-electron chi connectivity index (χ4n) is 2.46. The minimum Gasteiger partial charge on any atom is -0.353 e. The molecule has 1 aromatic rings. The Morgan fingerprint density at radius 3 is 2.68 bits per heavy atom. The molecule has 1 atom stereocenters. The maximum Gasteiger partial charge on any atom is 0.270 e. The molecule has 8 nitrogen and oxygen atoms in total. The second-order valence-electron chi connectivity index (χ2n) is 5.35. The third-order valence-electron chi connectivity index (χ3n) is 3.48. The molecular weight excluding hydrogens is 310 g/mol. The van der Waals surface area contributed by atoms with E-state index in [1.54, 1.807) is 13.8 Å². The lowest BCUT2D eigenvalue weighted by molar-refractivity contribution is -0.385. The van der Waals surface area contributed by atoms with Crippen molar-refractivity contribution in [1.82, 2.24) is 9.62 Å². The molecule has 0 aliphatic carbocycles. The topological polar surface area (TPSA) is 110 Å². The van der Waals surface area contributed by atoms with Crippen molar-refractivity contribution in [3.05, 3.63) is 34.4 Å². The normalized spacial score (nSPS) is 20.0. The van der Waals surface area contributed by atoms with Crippen LogP contribution in [0.3, 0.4) is 0 Å². The van der Waals surface area contributed by atoms with E-state index in [0.29, 0.717) is 0 Å². The van der Waals surface area contributed by atoms with E-state index in [0.717, 1.165) is 10.4 Å².